The standard InChI is InChI=1S/C11H14N6O2S/c1-6(2)17-10(18)14-15-11(17)20-7-3-4-8(13-5-7)9(12)16-19/h3-6,19H,1-2H3,(H2,12,16)(H,14,18). The van der Waals surface area contributed by atoms with Crippen LogP contribution in [0.1, 0.15) is 25.6 Å². The first-order chi connectivity index (χ1) is 9.52. The van der Waals surface area contributed by atoms with E-state index in [0.29, 0.717) is 10.9 Å². The lowest BCUT2D eigenvalue weighted by Gasteiger charge is -2.08. The summed E-state index contributed by atoms with van der Waals surface area (Å²) < 4.78 is 1.56. The molecule has 0 atom stereocenters. The number of pyridine rings is 1. The fourth-order valence-corrected chi connectivity index (χ4v) is 2.50. The molecule has 2 aromatic heterocycles. The van der Waals surface area contributed by atoms with Gasteiger partial charge in [-0.05, 0) is 37.7 Å². The van der Waals surface area contributed by atoms with Crippen molar-refractivity contribution in [2.24, 2.45) is 10.9 Å². The highest BCUT2D eigenvalue weighted by Crippen LogP contribution is 2.25. The molecule has 106 valence electrons. The van der Waals surface area contributed by atoms with Crippen molar-refractivity contribution in [3.8, 4) is 0 Å². The average molecular weight is 294 g/mol. The molecule has 4 N–H and O–H groups in total. The number of nitrogens with one attached hydrogen (secondary N) is 1. The SMILES string of the molecule is CC(C)n1c(Sc2ccc(/C(N)=N/O)nc2)n[nH]c1=O. The van der Waals surface area contributed by atoms with Gasteiger partial charge in [0.25, 0.3) is 0 Å². The molecular weight excluding hydrogens is 280 g/mol. The minimum Gasteiger partial charge on any atom is -0.409 e. The number of hydrogen-bond acceptors (Lipinski definition) is 6. The lowest BCUT2D eigenvalue weighted by atomic mass is 10.3. The second kappa shape index (κ2) is 5.78. The number of aromatic amines is 1. The first-order valence-electron chi connectivity index (χ1n) is 5.81. The molecule has 0 aromatic carbocycles. The molecule has 2 rings (SSSR count). The fourth-order valence-electron chi connectivity index (χ4n) is 1.57. The van der Waals surface area contributed by atoms with Crippen LogP contribution in [-0.2, 0) is 0 Å². The molecule has 0 aliphatic heterocycles. The molecule has 0 aliphatic rings. The van der Waals surface area contributed by atoms with Gasteiger partial charge in [0.15, 0.2) is 11.0 Å². The summed E-state index contributed by atoms with van der Waals surface area (Å²) in [4.78, 5) is 16.5. The summed E-state index contributed by atoms with van der Waals surface area (Å²) in [6.07, 6.45) is 1.57. The smallest absolute Gasteiger partial charge is 0.344 e. The first-order valence-corrected chi connectivity index (χ1v) is 6.63. The van der Waals surface area contributed by atoms with Crippen LogP contribution in [0.2, 0.25) is 0 Å². The molecule has 0 aliphatic carbocycles. The van der Waals surface area contributed by atoms with E-state index in [-0.39, 0.29) is 17.6 Å². The van der Waals surface area contributed by atoms with Crippen molar-refractivity contribution < 1.29 is 5.21 Å². The molecule has 8 nitrogen and oxygen atoms in total. The summed E-state index contributed by atoms with van der Waals surface area (Å²) in [6, 6.07) is 3.39. The zero-order valence-electron chi connectivity index (χ0n) is 10.9. The lowest BCUT2D eigenvalue weighted by Crippen LogP contribution is -2.19. The Balaban J connectivity index is 2.25. The molecule has 2 aromatic rings. The first kappa shape index (κ1) is 14.1. The van der Waals surface area contributed by atoms with Gasteiger partial charge < -0.3 is 10.9 Å². The molecule has 2 heterocycles. The van der Waals surface area contributed by atoms with E-state index < -0.39 is 0 Å². The maximum absolute atomic E-state index is 11.6. The van der Waals surface area contributed by atoms with E-state index in [1.165, 1.54) is 11.8 Å². The van der Waals surface area contributed by atoms with E-state index in [0.717, 1.165) is 4.90 Å². The molecule has 9 heteroatoms. The quantitative estimate of drug-likeness (QED) is 0.332. The molecule has 0 bridgehead atoms. The van der Waals surface area contributed by atoms with Crippen LogP contribution in [0.25, 0.3) is 0 Å². The lowest BCUT2D eigenvalue weighted by molar-refractivity contribution is 0.318. The van der Waals surface area contributed by atoms with Gasteiger partial charge in [-0.15, -0.1) is 5.10 Å². The molecule has 0 spiro atoms. The van der Waals surface area contributed by atoms with E-state index in [2.05, 4.69) is 20.3 Å². The second-order valence-electron chi connectivity index (χ2n) is 4.24. The number of H-pyrrole nitrogens is 1. The summed E-state index contributed by atoms with van der Waals surface area (Å²) in [7, 11) is 0. The van der Waals surface area contributed by atoms with E-state index in [1.54, 1.807) is 22.9 Å². The van der Waals surface area contributed by atoms with Crippen LogP contribution < -0.4 is 11.4 Å². The number of nitrogens with two attached hydrogens (primary N) is 1. The topological polar surface area (TPSA) is 122 Å². The second-order valence-corrected chi connectivity index (χ2v) is 5.28. The van der Waals surface area contributed by atoms with Crippen molar-refractivity contribution in [3.63, 3.8) is 0 Å². The summed E-state index contributed by atoms with van der Waals surface area (Å²) in [5.74, 6) is -0.0552. The Morgan fingerprint density at radius 1 is 1.55 bits per heavy atom. The molecular formula is C11H14N6O2S. The number of aromatic nitrogens is 4. The predicted molar refractivity (Wildman–Crippen MR) is 74.1 cm³/mol. The summed E-state index contributed by atoms with van der Waals surface area (Å²) in [6.45, 7) is 3.81. The minimum atomic E-state index is -0.247. The highest BCUT2D eigenvalue weighted by atomic mass is 32.2. The number of amidine groups is 1. The summed E-state index contributed by atoms with van der Waals surface area (Å²) in [5, 5.41) is 18.4. The third-order valence-corrected chi connectivity index (χ3v) is 3.45. The molecule has 0 saturated heterocycles. The van der Waals surface area contributed by atoms with Crippen molar-refractivity contribution in [1.82, 2.24) is 19.7 Å². The van der Waals surface area contributed by atoms with Crippen molar-refractivity contribution in [1.29, 1.82) is 0 Å². The third-order valence-electron chi connectivity index (χ3n) is 2.50. The van der Waals surface area contributed by atoms with Gasteiger partial charge in [-0.25, -0.2) is 9.89 Å². The zero-order chi connectivity index (χ0) is 14.7. The van der Waals surface area contributed by atoms with E-state index >= 15 is 0 Å². The van der Waals surface area contributed by atoms with Crippen molar-refractivity contribution in [2.45, 2.75) is 29.9 Å². The van der Waals surface area contributed by atoms with Crippen LogP contribution >= 0.6 is 11.8 Å². The van der Waals surface area contributed by atoms with E-state index in [1.807, 2.05) is 13.8 Å². The van der Waals surface area contributed by atoms with Gasteiger partial charge in [0.1, 0.15) is 5.69 Å². The number of rotatable bonds is 4. The van der Waals surface area contributed by atoms with Crippen molar-refractivity contribution in [3.05, 3.63) is 34.5 Å². The van der Waals surface area contributed by atoms with Gasteiger partial charge in [0, 0.05) is 17.1 Å². The summed E-state index contributed by atoms with van der Waals surface area (Å²) >= 11 is 1.31. The Kier molecular flexibility index (Phi) is 4.08. The Morgan fingerprint density at radius 3 is 2.85 bits per heavy atom. The summed E-state index contributed by atoms with van der Waals surface area (Å²) in [5.41, 5.74) is 5.56. The van der Waals surface area contributed by atoms with Crippen molar-refractivity contribution >= 4 is 17.6 Å². The van der Waals surface area contributed by atoms with Crippen LogP contribution in [0.15, 0.2) is 38.3 Å². The molecule has 0 saturated carbocycles. The van der Waals surface area contributed by atoms with Gasteiger partial charge in [-0.2, -0.15) is 0 Å². The minimum absolute atomic E-state index is 0.00755. The maximum Gasteiger partial charge on any atom is 0.344 e. The Bertz CT molecular complexity index is 673. The molecule has 0 unspecified atom stereocenters. The Hall–Kier alpha value is -2.29. The van der Waals surface area contributed by atoms with E-state index in [4.69, 9.17) is 10.9 Å². The number of hydrogen-bond donors (Lipinski definition) is 3. The van der Waals surface area contributed by atoms with E-state index in [9.17, 15) is 4.79 Å². The van der Waals surface area contributed by atoms with Crippen LogP contribution in [-0.4, -0.2) is 30.8 Å². The average Bonchev–Trinajstić information content (AvgIpc) is 2.79. The van der Waals surface area contributed by atoms with Gasteiger partial charge in [-0.3, -0.25) is 9.55 Å². The van der Waals surface area contributed by atoms with Crippen LogP contribution in [0.3, 0.4) is 0 Å². The zero-order valence-corrected chi connectivity index (χ0v) is 11.8. The predicted octanol–water partition coefficient (Wildman–Crippen LogP) is 0.793. The number of nitrogens with zero attached hydrogens (tertiary/aromatic N) is 4. The Morgan fingerprint density at radius 2 is 2.30 bits per heavy atom. The van der Waals surface area contributed by atoms with Gasteiger partial charge >= 0.3 is 5.69 Å². The highest BCUT2D eigenvalue weighted by Gasteiger charge is 2.13. The molecule has 0 amide bonds. The normalized spacial score (nSPS) is 12.1. The number of oxime groups is 1. The molecule has 0 fully saturated rings. The van der Waals surface area contributed by atoms with Crippen molar-refractivity contribution in [2.75, 3.05) is 0 Å². The fraction of sp³-hybridized carbons (Fsp3) is 0.273. The maximum atomic E-state index is 11.6. The van der Waals surface area contributed by atoms with Crippen LogP contribution in [0, 0.1) is 0 Å². The van der Waals surface area contributed by atoms with Gasteiger partial charge in [-0.1, -0.05) is 5.16 Å². The monoisotopic (exact) mass is 294 g/mol. The third kappa shape index (κ3) is 2.82. The largest absolute Gasteiger partial charge is 0.409 e. The Labute approximate surface area is 118 Å². The van der Waals surface area contributed by atoms with Crippen LogP contribution in [0.5, 0.6) is 0 Å². The van der Waals surface area contributed by atoms with Gasteiger partial charge in [0.05, 0.1) is 0 Å². The molecule has 0 radical (unpaired) electrons. The van der Waals surface area contributed by atoms with Gasteiger partial charge in [0.2, 0.25) is 0 Å². The molecule has 20 heavy (non-hydrogen) atoms. The highest BCUT2D eigenvalue weighted by molar-refractivity contribution is 7.99. The van der Waals surface area contributed by atoms with Crippen LogP contribution in [0.4, 0.5) is 0 Å².